The molecule has 0 spiro atoms. The van der Waals surface area contributed by atoms with E-state index in [2.05, 4.69) is 10.6 Å². The summed E-state index contributed by atoms with van der Waals surface area (Å²) in [6.45, 7) is 2.46. The number of aryl methyl sites for hydroxylation is 1. The Hall–Kier alpha value is -1.59. The second-order valence-corrected chi connectivity index (χ2v) is 6.09. The summed E-state index contributed by atoms with van der Waals surface area (Å²) in [6.07, 6.45) is 2.13. The van der Waals surface area contributed by atoms with Crippen LogP contribution in [0.3, 0.4) is 0 Å². The Morgan fingerprint density at radius 2 is 1.95 bits per heavy atom. The summed E-state index contributed by atoms with van der Waals surface area (Å²) in [7, 11) is 1.82. The van der Waals surface area contributed by atoms with E-state index in [0.717, 1.165) is 23.3 Å². The van der Waals surface area contributed by atoms with Crippen LogP contribution in [0.5, 0.6) is 0 Å². The lowest BCUT2D eigenvalue weighted by atomic mass is 10.2. The number of rotatable bonds is 6. The molecule has 6 heteroatoms. The molecule has 1 aliphatic carbocycles. The fraction of sp³-hybridized carbons (Fsp3) is 0.467. The first-order chi connectivity index (χ1) is 9.94. The van der Waals surface area contributed by atoms with Gasteiger partial charge in [0.25, 0.3) is 11.8 Å². The van der Waals surface area contributed by atoms with Crippen LogP contribution in [0.25, 0.3) is 0 Å². The fourth-order valence-corrected chi connectivity index (χ4v) is 2.32. The molecule has 21 heavy (non-hydrogen) atoms. The number of hydrogen-bond acceptors (Lipinski definition) is 2. The SMILES string of the molecule is Cc1ccc(NC(=O)C[NH+](C)CC(=O)NC2CC2)c(Cl)c1. The van der Waals surface area contributed by atoms with Crippen LogP contribution in [-0.2, 0) is 9.59 Å². The first-order valence-corrected chi connectivity index (χ1v) is 7.48. The number of likely N-dealkylation sites (N-methyl/N-ethyl adjacent to an activating group) is 1. The Balaban J connectivity index is 1.78. The summed E-state index contributed by atoms with van der Waals surface area (Å²) >= 11 is 6.07. The molecule has 1 aromatic rings. The monoisotopic (exact) mass is 310 g/mol. The average Bonchev–Trinajstić information content (AvgIpc) is 3.16. The third-order valence-corrected chi connectivity index (χ3v) is 3.58. The highest BCUT2D eigenvalue weighted by molar-refractivity contribution is 6.33. The standard InChI is InChI=1S/C15H20ClN3O2/c1-10-3-6-13(12(16)7-10)18-15(21)9-19(2)8-14(20)17-11-4-5-11/h3,6-7,11H,4-5,8-9H2,1-2H3,(H,17,20)(H,18,21)/p+1. The molecule has 0 saturated heterocycles. The van der Waals surface area contributed by atoms with Gasteiger partial charge in [-0.3, -0.25) is 9.59 Å². The molecule has 1 aromatic carbocycles. The van der Waals surface area contributed by atoms with Gasteiger partial charge in [-0.15, -0.1) is 0 Å². The van der Waals surface area contributed by atoms with Gasteiger partial charge in [0.05, 0.1) is 17.8 Å². The van der Waals surface area contributed by atoms with Crippen LogP contribution in [0.4, 0.5) is 5.69 Å². The number of amides is 2. The number of carbonyl (C=O) groups excluding carboxylic acids is 2. The molecule has 2 rings (SSSR count). The van der Waals surface area contributed by atoms with Gasteiger partial charge < -0.3 is 15.5 Å². The molecule has 0 heterocycles. The van der Waals surface area contributed by atoms with Gasteiger partial charge in [0.2, 0.25) is 0 Å². The maximum Gasteiger partial charge on any atom is 0.279 e. The number of nitrogens with one attached hydrogen (secondary N) is 3. The zero-order valence-electron chi connectivity index (χ0n) is 12.3. The molecule has 0 aliphatic heterocycles. The van der Waals surface area contributed by atoms with E-state index in [-0.39, 0.29) is 18.4 Å². The summed E-state index contributed by atoms with van der Waals surface area (Å²) < 4.78 is 0. The van der Waals surface area contributed by atoms with Crippen molar-refractivity contribution in [2.24, 2.45) is 0 Å². The van der Waals surface area contributed by atoms with E-state index in [0.29, 0.717) is 23.3 Å². The molecule has 1 unspecified atom stereocenters. The minimum absolute atomic E-state index is 0.00355. The third kappa shape index (κ3) is 5.36. The highest BCUT2D eigenvalue weighted by Crippen LogP contribution is 2.22. The van der Waals surface area contributed by atoms with E-state index in [4.69, 9.17) is 11.6 Å². The number of halogens is 1. The molecule has 1 fully saturated rings. The molecule has 2 amide bonds. The summed E-state index contributed by atoms with van der Waals surface area (Å²) in [6, 6.07) is 5.83. The van der Waals surface area contributed by atoms with Crippen molar-refractivity contribution < 1.29 is 14.5 Å². The summed E-state index contributed by atoms with van der Waals surface area (Å²) in [5.41, 5.74) is 1.64. The van der Waals surface area contributed by atoms with Gasteiger partial charge in [0.1, 0.15) is 0 Å². The van der Waals surface area contributed by atoms with Crippen molar-refractivity contribution in [3.63, 3.8) is 0 Å². The molecule has 1 aliphatic rings. The van der Waals surface area contributed by atoms with Crippen molar-refractivity contribution in [2.45, 2.75) is 25.8 Å². The first-order valence-electron chi connectivity index (χ1n) is 7.10. The largest absolute Gasteiger partial charge is 0.348 e. The summed E-state index contributed by atoms with van der Waals surface area (Å²) in [5.74, 6) is -0.159. The van der Waals surface area contributed by atoms with Crippen molar-refractivity contribution in [1.82, 2.24) is 5.32 Å². The number of carbonyl (C=O) groups is 2. The molecule has 1 saturated carbocycles. The van der Waals surface area contributed by atoms with E-state index >= 15 is 0 Å². The minimum atomic E-state index is -0.155. The minimum Gasteiger partial charge on any atom is -0.348 e. The van der Waals surface area contributed by atoms with E-state index in [1.807, 2.05) is 20.0 Å². The van der Waals surface area contributed by atoms with E-state index in [9.17, 15) is 9.59 Å². The van der Waals surface area contributed by atoms with Crippen LogP contribution < -0.4 is 15.5 Å². The molecule has 3 N–H and O–H groups in total. The van der Waals surface area contributed by atoms with Crippen molar-refractivity contribution in [1.29, 1.82) is 0 Å². The van der Waals surface area contributed by atoms with Crippen molar-refractivity contribution in [2.75, 3.05) is 25.5 Å². The number of hydrogen-bond donors (Lipinski definition) is 3. The normalized spacial score (nSPS) is 15.4. The second-order valence-electron chi connectivity index (χ2n) is 5.68. The highest BCUT2D eigenvalue weighted by Gasteiger charge is 2.24. The highest BCUT2D eigenvalue weighted by atomic mass is 35.5. The van der Waals surface area contributed by atoms with E-state index in [1.54, 1.807) is 12.1 Å². The van der Waals surface area contributed by atoms with Gasteiger partial charge in [-0.25, -0.2) is 0 Å². The maximum atomic E-state index is 12.0. The van der Waals surface area contributed by atoms with E-state index < -0.39 is 0 Å². The topological polar surface area (TPSA) is 62.6 Å². The number of benzene rings is 1. The molecular formula is C15H21ClN3O2+. The Bertz CT molecular complexity index is 544. The van der Waals surface area contributed by atoms with Crippen LogP contribution in [-0.4, -0.2) is 38.0 Å². The lowest BCUT2D eigenvalue weighted by Crippen LogP contribution is -3.11. The zero-order valence-corrected chi connectivity index (χ0v) is 13.1. The first kappa shape index (κ1) is 15.8. The molecule has 114 valence electrons. The smallest absolute Gasteiger partial charge is 0.279 e. The van der Waals surface area contributed by atoms with Gasteiger partial charge in [-0.05, 0) is 37.5 Å². The van der Waals surface area contributed by atoms with Crippen molar-refractivity contribution in [3.05, 3.63) is 28.8 Å². The quantitative estimate of drug-likeness (QED) is 0.711. The lowest BCUT2D eigenvalue weighted by Gasteiger charge is -2.14. The van der Waals surface area contributed by atoms with E-state index in [1.165, 1.54) is 0 Å². The van der Waals surface area contributed by atoms with Gasteiger partial charge in [0.15, 0.2) is 13.1 Å². The molecule has 0 radical (unpaired) electrons. The van der Waals surface area contributed by atoms with Crippen LogP contribution in [0, 0.1) is 6.92 Å². The number of quaternary nitrogens is 1. The molecule has 5 nitrogen and oxygen atoms in total. The second kappa shape index (κ2) is 6.91. The zero-order chi connectivity index (χ0) is 15.4. The Morgan fingerprint density at radius 3 is 2.57 bits per heavy atom. The Morgan fingerprint density at radius 1 is 1.29 bits per heavy atom. The Kier molecular flexibility index (Phi) is 5.20. The Labute approximate surface area is 129 Å². The molecular weight excluding hydrogens is 290 g/mol. The van der Waals surface area contributed by atoms with Crippen LogP contribution in [0.2, 0.25) is 5.02 Å². The molecule has 0 bridgehead atoms. The van der Waals surface area contributed by atoms with Crippen molar-refractivity contribution in [3.8, 4) is 0 Å². The van der Waals surface area contributed by atoms with Gasteiger partial charge in [0, 0.05) is 6.04 Å². The van der Waals surface area contributed by atoms with Gasteiger partial charge >= 0.3 is 0 Å². The molecule has 0 aromatic heterocycles. The van der Waals surface area contributed by atoms with Crippen LogP contribution in [0.1, 0.15) is 18.4 Å². The fourth-order valence-electron chi connectivity index (χ4n) is 2.03. The molecule has 1 atom stereocenters. The predicted molar refractivity (Wildman–Crippen MR) is 82.6 cm³/mol. The average molecular weight is 311 g/mol. The lowest BCUT2D eigenvalue weighted by molar-refractivity contribution is -0.862. The summed E-state index contributed by atoms with van der Waals surface area (Å²) in [5, 5.41) is 6.20. The van der Waals surface area contributed by atoms with Gasteiger partial charge in [-0.1, -0.05) is 17.7 Å². The summed E-state index contributed by atoms with van der Waals surface area (Å²) in [4.78, 5) is 24.4. The van der Waals surface area contributed by atoms with Crippen molar-refractivity contribution >= 4 is 29.1 Å². The number of anilines is 1. The third-order valence-electron chi connectivity index (χ3n) is 3.27. The van der Waals surface area contributed by atoms with Crippen LogP contribution in [0.15, 0.2) is 18.2 Å². The predicted octanol–water partition coefficient (Wildman–Crippen LogP) is 0.380. The maximum absolute atomic E-state index is 12.0. The van der Waals surface area contributed by atoms with Crippen LogP contribution >= 0.6 is 11.6 Å². The van der Waals surface area contributed by atoms with Gasteiger partial charge in [-0.2, -0.15) is 0 Å².